The summed E-state index contributed by atoms with van der Waals surface area (Å²) in [6.45, 7) is 2.09. The molecular weight excluding hydrogens is 168 g/mol. The highest BCUT2D eigenvalue weighted by atomic mass is 32.1. The van der Waals surface area contributed by atoms with Crippen molar-refractivity contribution in [3.05, 3.63) is 41.1 Å². The van der Waals surface area contributed by atoms with Crippen molar-refractivity contribution in [3.63, 3.8) is 0 Å². The molecule has 1 N–H and O–H groups in total. The van der Waals surface area contributed by atoms with Crippen molar-refractivity contribution in [2.45, 2.75) is 13.3 Å². The molecule has 2 aromatic heterocycles. The van der Waals surface area contributed by atoms with Crippen molar-refractivity contribution in [1.82, 2.24) is 9.97 Å². The molecule has 0 aliphatic heterocycles. The molecule has 2 rings (SSSR count). The average molecular weight is 180 g/mol. The number of H-pyrrole nitrogens is 1. The number of hydrogen-bond acceptors (Lipinski definition) is 2. The van der Waals surface area contributed by atoms with Gasteiger partial charge >= 0.3 is 0 Å². The molecule has 2 heterocycles. The number of nitrogens with zero attached hydrogens (tertiary/aromatic N) is 1. The summed E-state index contributed by atoms with van der Waals surface area (Å²) in [5.74, 6) is 0. The van der Waals surface area contributed by atoms with Gasteiger partial charge < -0.3 is 4.98 Å². The SMILES string of the molecule is CCc1cnc[nH]1.c1ccsc1. The van der Waals surface area contributed by atoms with Gasteiger partial charge in [-0.1, -0.05) is 19.1 Å². The van der Waals surface area contributed by atoms with Gasteiger partial charge in [-0.2, -0.15) is 11.3 Å². The van der Waals surface area contributed by atoms with Gasteiger partial charge in [0.2, 0.25) is 0 Å². The summed E-state index contributed by atoms with van der Waals surface area (Å²) in [6, 6.07) is 4.04. The molecule has 0 saturated heterocycles. The number of imidazole rings is 1. The second-order valence-electron chi connectivity index (χ2n) is 2.22. The Kier molecular flexibility index (Phi) is 4.16. The number of aromatic amines is 1. The van der Waals surface area contributed by atoms with Crippen LogP contribution >= 0.6 is 11.3 Å². The molecule has 0 aliphatic rings. The van der Waals surface area contributed by atoms with Crippen molar-refractivity contribution in [2.24, 2.45) is 0 Å². The molecule has 0 radical (unpaired) electrons. The Bertz CT molecular complexity index is 243. The Balaban J connectivity index is 0.000000127. The van der Waals surface area contributed by atoms with Crippen LogP contribution < -0.4 is 0 Å². The van der Waals surface area contributed by atoms with Gasteiger partial charge in [0.15, 0.2) is 0 Å². The molecule has 2 nitrogen and oxygen atoms in total. The van der Waals surface area contributed by atoms with Gasteiger partial charge in [-0.05, 0) is 17.2 Å². The van der Waals surface area contributed by atoms with E-state index in [4.69, 9.17) is 0 Å². The Morgan fingerprint density at radius 1 is 1.42 bits per heavy atom. The van der Waals surface area contributed by atoms with E-state index in [2.05, 4.69) is 16.9 Å². The molecule has 64 valence electrons. The van der Waals surface area contributed by atoms with Gasteiger partial charge in [-0.25, -0.2) is 4.98 Å². The average Bonchev–Trinajstić information content (AvgIpc) is 2.81. The maximum atomic E-state index is 3.84. The molecule has 0 amide bonds. The largest absolute Gasteiger partial charge is 0.349 e. The van der Waals surface area contributed by atoms with E-state index < -0.39 is 0 Å². The van der Waals surface area contributed by atoms with E-state index >= 15 is 0 Å². The smallest absolute Gasteiger partial charge is 0.0921 e. The first kappa shape index (κ1) is 9.00. The molecule has 2 aromatic rings. The fourth-order valence-electron chi connectivity index (χ4n) is 0.705. The van der Waals surface area contributed by atoms with Crippen LogP contribution in [0.15, 0.2) is 35.4 Å². The second-order valence-corrected chi connectivity index (χ2v) is 3.04. The van der Waals surface area contributed by atoms with E-state index in [-0.39, 0.29) is 0 Å². The lowest BCUT2D eigenvalue weighted by Gasteiger charge is -1.79. The fourth-order valence-corrected chi connectivity index (χ4v) is 1.16. The molecular formula is C9H12N2S. The Labute approximate surface area is 76.3 Å². The quantitative estimate of drug-likeness (QED) is 0.718. The van der Waals surface area contributed by atoms with Crippen molar-refractivity contribution in [2.75, 3.05) is 0 Å². The van der Waals surface area contributed by atoms with Gasteiger partial charge in [-0.3, -0.25) is 0 Å². The van der Waals surface area contributed by atoms with E-state index in [1.165, 1.54) is 5.69 Å². The summed E-state index contributed by atoms with van der Waals surface area (Å²) in [6.07, 6.45) is 4.57. The standard InChI is InChI=1S/C5H8N2.C4H4S/c1-2-5-3-6-4-7-5;1-2-4-5-3-1/h3-4H,2H2,1H3,(H,6,7);1-4H. The minimum atomic E-state index is 1.04. The molecule has 0 atom stereocenters. The molecule has 0 aromatic carbocycles. The lowest BCUT2D eigenvalue weighted by atomic mass is 10.4. The van der Waals surface area contributed by atoms with Crippen molar-refractivity contribution in [3.8, 4) is 0 Å². The van der Waals surface area contributed by atoms with Crippen LogP contribution in [-0.4, -0.2) is 9.97 Å². The fraction of sp³-hybridized carbons (Fsp3) is 0.222. The summed E-state index contributed by atoms with van der Waals surface area (Å²) >= 11 is 1.71. The molecule has 0 saturated carbocycles. The molecule has 12 heavy (non-hydrogen) atoms. The van der Waals surface area contributed by atoms with Crippen LogP contribution in [0.4, 0.5) is 0 Å². The molecule has 0 aliphatic carbocycles. The summed E-state index contributed by atoms with van der Waals surface area (Å²) in [5, 5.41) is 4.08. The number of hydrogen-bond donors (Lipinski definition) is 1. The lowest BCUT2D eigenvalue weighted by molar-refractivity contribution is 1.06. The van der Waals surface area contributed by atoms with Gasteiger partial charge in [0.1, 0.15) is 0 Å². The van der Waals surface area contributed by atoms with E-state index in [9.17, 15) is 0 Å². The van der Waals surface area contributed by atoms with Crippen LogP contribution in [0.3, 0.4) is 0 Å². The monoisotopic (exact) mass is 180 g/mol. The molecule has 3 heteroatoms. The third-order valence-corrected chi connectivity index (χ3v) is 1.99. The predicted molar refractivity (Wildman–Crippen MR) is 52.3 cm³/mol. The van der Waals surface area contributed by atoms with Crippen LogP contribution in [0.5, 0.6) is 0 Å². The number of nitrogens with one attached hydrogen (secondary N) is 1. The highest BCUT2D eigenvalue weighted by Crippen LogP contribution is 1.91. The summed E-state index contributed by atoms with van der Waals surface area (Å²) < 4.78 is 0. The topological polar surface area (TPSA) is 28.7 Å². The number of aromatic nitrogens is 2. The Hall–Kier alpha value is -1.09. The summed E-state index contributed by atoms with van der Waals surface area (Å²) in [4.78, 5) is 6.81. The highest BCUT2D eigenvalue weighted by Gasteiger charge is 1.82. The van der Waals surface area contributed by atoms with E-state index in [1.54, 1.807) is 17.7 Å². The zero-order valence-corrected chi connectivity index (χ0v) is 7.84. The van der Waals surface area contributed by atoms with Gasteiger partial charge in [-0.15, -0.1) is 0 Å². The summed E-state index contributed by atoms with van der Waals surface area (Å²) in [7, 11) is 0. The Morgan fingerprint density at radius 3 is 2.42 bits per heavy atom. The first-order valence-corrected chi connectivity index (χ1v) is 4.82. The first-order chi connectivity index (χ1) is 5.93. The minimum Gasteiger partial charge on any atom is -0.349 e. The van der Waals surface area contributed by atoms with Crippen LogP contribution in [-0.2, 0) is 6.42 Å². The summed E-state index contributed by atoms with van der Waals surface area (Å²) in [5.41, 5.74) is 1.19. The zero-order valence-electron chi connectivity index (χ0n) is 7.03. The highest BCUT2D eigenvalue weighted by molar-refractivity contribution is 7.07. The second kappa shape index (κ2) is 5.55. The van der Waals surface area contributed by atoms with Gasteiger partial charge in [0.05, 0.1) is 6.33 Å². The zero-order chi connectivity index (χ0) is 8.65. The van der Waals surface area contributed by atoms with Crippen LogP contribution in [0.1, 0.15) is 12.6 Å². The first-order valence-electron chi connectivity index (χ1n) is 3.88. The molecule has 0 spiro atoms. The molecule has 0 bridgehead atoms. The third-order valence-electron chi connectivity index (χ3n) is 1.36. The minimum absolute atomic E-state index is 1.04. The van der Waals surface area contributed by atoms with Crippen molar-refractivity contribution >= 4 is 11.3 Å². The van der Waals surface area contributed by atoms with E-state index in [0.29, 0.717) is 0 Å². The van der Waals surface area contributed by atoms with E-state index in [1.807, 2.05) is 29.1 Å². The van der Waals surface area contributed by atoms with Crippen LogP contribution in [0.2, 0.25) is 0 Å². The maximum Gasteiger partial charge on any atom is 0.0921 e. The molecule has 0 fully saturated rings. The third kappa shape index (κ3) is 3.34. The van der Waals surface area contributed by atoms with E-state index in [0.717, 1.165) is 6.42 Å². The van der Waals surface area contributed by atoms with Gasteiger partial charge in [0, 0.05) is 11.9 Å². The van der Waals surface area contributed by atoms with Crippen molar-refractivity contribution < 1.29 is 0 Å². The maximum absolute atomic E-state index is 3.84. The lowest BCUT2D eigenvalue weighted by Crippen LogP contribution is -1.73. The predicted octanol–water partition coefficient (Wildman–Crippen LogP) is 2.72. The Morgan fingerprint density at radius 2 is 2.17 bits per heavy atom. The van der Waals surface area contributed by atoms with Crippen LogP contribution in [0.25, 0.3) is 0 Å². The van der Waals surface area contributed by atoms with Crippen molar-refractivity contribution in [1.29, 1.82) is 0 Å². The van der Waals surface area contributed by atoms with Crippen LogP contribution in [0, 0.1) is 0 Å². The number of rotatable bonds is 1. The van der Waals surface area contributed by atoms with Gasteiger partial charge in [0.25, 0.3) is 0 Å². The normalized spacial score (nSPS) is 8.75. The number of aryl methyl sites for hydroxylation is 1. The number of thiophene rings is 1. The molecule has 0 unspecified atom stereocenters.